The van der Waals surface area contributed by atoms with E-state index in [1.54, 1.807) is 6.07 Å². The fraction of sp³-hybridized carbons (Fsp3) is 0.160. The Bertz CT molecular complexity index is 1160. The van der Waals surface area contributed by atoms with Crippen LogP contribution in [-0.4, -0.2) is 22.7 Å². The van der Waals surface area contributed by atoms with Gasteiger partial charge in [-0.2, -0.15) is 4.98 Å². The number of rotatable bonds is 9. The summed E-state index contributed by atoms with van der Waals surface area (Å²) in [6.45, 7) is 2.54. The quantitative estimate of drug-likeness (QED) is 0.378. The molecule has 0 unspecified atom stereocenters. The summed E-state index contributed by atoms with van der Waals surface area (Å²) >= 11 is 0. The number of nitrogens with zero attached hydrogens (tertiary/aromatic N) is 2. The molecule has 3 aromatic carbocycles. The van der Waals surface area contributed by atoms with E-state index in [0.29, 0.717) is 41.9 Å². The zero-order valence-corrected chi connectivity index (χ0v) is 17.7. The van der Waals surface area contributed by atoms with Crippen molar-refractivity contribution in [2.24, 2.45) is 0 Å². The van der Waals surface area contributed by atoms with E-state index >= 15 is 0 Å². The van der Waals surface area contributed by atoms with Crippen LogP contribution in [0, 0.1) is 0 Å². The van der Waals surface area contributed by atoms with Gasteiger partial charge in [0.1, 0.15) is 11.5 Å². The molecule has 1 heterocycles. The van der Waals surface area contributed by atoms with Gasteiger partial charge in [0, 0.05) is 18.4 Å². The standard InChI is InChI=1S/C25H23N3O4/c1-2-30-19-14-12-18(13-15-19)25-27-24(32-28-25)17-16-23(29)26-21-10-6-7-11-22(21)31-20-8-4-3-5-9-20/h3-15H,2,16-17H2,1H3,(H,26,29). The minimum absolute atomic E-state index is 0.171. The second kappa shape index (κ2) is 10.3. The Morgan fingerprint density at radius 3 is 2.47 bits per heavy atom. The van der Waals surface area contributed by atoms with E-state index < -0.39 is 0 Å². The number of hydrogen-bond donors (Lipinski definition) is 1. The van der Waals surface area contributed by atoms with Gasteiger partial charge in [0.25, 0.3) is 0 Å². The molecule has 0 aliphatic rings. The van der Waals surface area contributed by atoms with Crippen LogP contribution >= 0.6 is 0 Å². The third-order valence-electron chi connectivity index (χ3n) is 4.59. The number of carbonyl (C=O) groups excluding carboxylic acids is 1. The summed E-state index contributed by atoms with van der Waals surface area (Å²) < 4.78 is 16.6. The predicted octanol–water partition coefficient (Wildman–Crippen LogP) is 5.50. The molecule has 162 valence electrons. The molecular weight excluding hydrogens is 406 g/mol. The number of benzene rings is 3. The SMILES string of the molecule is CCOc1ccc(-c2noc(CCC(=O)Nc3ccccc3Oc3ccccc3)n2)cc1. The maximum atomic E-state index is 12.5. The molecule has 0 radical (unpaired) electrons. The van der Waals surface area contributed by atoms with Crippen molar-refractivity contribution >= 4 is 11.6 Å². The lowest BCUT2D eigenvalue weighted by molar-refractivity contribution is -0.116. The largest absolute Gasteiger partial charge is 0.494 e. The molecule has 0 spiro atoms. The molecule has 32 heavy (non-hydrogen) atoms. The molecule has 7 heteroatoms. The first-order valence-electron chi connectivity index (χ1n) is 10.4. The van der Waals surface area contributed by atoms with Gasteiger partial charge < -0.3 is 19.3 Å². The monoisotopic (exact) mass is 429 g/mol. The summed E-state index contributed by atoms with van der Waals surface area (Å²) in [4.78, 5) is 16.9. The third-order valence-corrected chi connectivity index (χ3v) is 4.59. The van der Waals surface area contributed by atoms with Gasteiger partial charge in [0.15, 0.2) is 5.75 Å². The molecule has 0 aliphatic carbocycles. The van der Waals surface area contributed by atoms with Crippen LogP contribution in [0.25, 0.3) is 11.4 Å². The normalized spacial score (nSPS) is 10.5. The summed E-state index contributed by atoms with van der Waals surface area (Å²) in [7, 11) is 0. The molecule has 0 saturated heterocycles. The van der Waals surface area contributed by atoms with Crippen molar-refractivity contribution in [2.45, 2.75) is 19.8 Å². The highest BCUT2D eigenvalue weighted by atomic mass is 16.5. The van der Waals surface area contributed by atoms with Crippen LogP contribution in [0.5, 0.6) is 17.2 Å². The van der Waals surface area contributed by atoms with Crippen molar-refractivity contribution in [3.8, 4) is 28.6 Å². The van der Waals surface area contributed by atoms with E-state index in [4.69, 9.17) is 14.0 Å². The molecule has 4 aromatic rings. The lowest BCUT2D eigenvalue weighted by Gasteiger charge is -2.11. The van der Waals surface area contributed by atoms with Crippen LogP contribution in [-0.2, 0) is 11.2 Å². The number of para-hydroxylation sites is 3. The van der Waals surface area contributed by atoms with Gasteiger partial charge in [-0.3, -0.25) is 4.79 Å². The van der Waals surface area contributed by atoms with Crippen molar-refractivity contribution in [2.75, 3.05) is 11.9 Å². The summed E-state index contributed by atoms with van der Waals surface area (Å²) in [6, 6.07) is 24.2. The molecule has 0 bridgehead atoms. The summed E-state index contributed by atoms with van der Waals surface area (Å²) in [5.41, 5.74) is 1.42. The Hall–Kier alpha value is -4.13. The molecule has 1 N–H and O–H groups in total. The Kier molecular flexibility index (Phi) is 6.77. The Morgan fingerprint density at radius 1 is 0.938 bits per heavy atom. The second-order valence-corrected chi connectivity index (χ2v) is 6.93. The zero-order chi connectivity index (χ0) is 22.2. The maximum Gasteiger partial charge on any atom is 0.227 e. The number of nitrogens with one attached hydrogen (secondary N) is 1. The highest BCUT2D eigenvalue weighted by Gasteiger charge is 2.13. The predicted molar refractivity (Wildman–Crippen MR) is 121 cm³/mol. The minimum atomic E-state index is -0.171. The van der Waals surface area contributed by atoms with E-state index in [2.05, 4.69) is 15.5 Å². The Morgan fingerprint density at radius 2 is 1.69 bits per heavy atom. The molecule has 0 atom stereocenters. The molecule has 0 fully saturated rings. The van der Waals surface area contributed by atoms with E-state index in [9.17, 15) is 4.79 Å². The van der Waals surface area contributed by atoms with E-state index in [0.717, 1.165) is 11.3 Å². The summed E-state index contributed by atoms with van der Waals surface area (Å²) in [5, 5.41) is 6.90. The number of ether oxygens (including phenoxy) is 2. The van der Waals surface area contributed by atoms with Crippen molar-refractivity contribution in [1.82, 2.24) is 10.1 Å². The summed E-state index contributed by atoms with van der Waals surface area (Å²) in [5.74, 6) is 2.76. The van der Waals surface area contributed by atoms with Crippen molar-refractivity contribution in [1.29, 1.82) is 0 Å². The van der Waals surface area contributed by atoms with E-state index in [-0.39, 0.29) is 12.3 Å². The molecule has 1 amide bonds. The van der Waals surface area contributed by atoms with E-state index in [1.807, 2.05) is 79.7 Å². The average molecular weight is 429 g/mol. The van der Waals surface area contributed by atoms with Crippen LogP contribution in [0.2, 0.25) is 0 Å². The van der Waals surface area contributed by atoms with E-state index in [1.165, 1.54) is 0 Å². The number of aryl methyl sites for hydroxylation is 1. The lowest BCUT2D eigenvalue weighted by atomic mass is 10.2. The summed E-state index contributed by atoms with van der Waals surface area (Å²) in [6.07, 6.45) is 0.530. The smallest absolute Gasteiger partial charge is 0.227 e. The highest BCUT2D eigenvalue weighted by molar-refractivity contribution is 5.92. The van der Waals surface area contributed by atoms with Crippen molar-refractivity contribution < 1.29 is 18.8 Å². The van der Waals surface area contributed by atoms with Crippen LogP contribution in [0.4, 0.5) is 5.69 Å². The molecule has 0 aliphatic heterocycles. The van der Waals surface area contributed by atoms with Gasteiger partial charge in [-0.05, 0) is 55.5 Å². The van der Waals surface area contributed by atoms with Crippen molar-refractivity contribution in [3.63, 3.8) is 0 Å². The Balaban J connectivity index is 1.34. The maximum absolute atomic E-state index is 12.5. The van der Waals surface area contributed by atoms with Gasteiger partial charge in [-0.25, -0.2) is 0 Å². The van der Waals surface area contributed by atoms with Gasteiger partial charge in [-0.15, -0.1) is 0 Å². The number of amides is 1. The molecular formula is C25H23N3O4. The fourth-order valence-electron chi connectivity index (χ4n) is 3.05. The zero-order valence-electron chi connectivity index (χ0n) is 17.7. The second-order valence-electron chi connectivity index (χ2n) is 6.93. The van der Waals surface area contributed by atoms with Gasteiger partial charge in [-0.1, -0.05) is 35.5 Å². The van der Waals surface area contributed by atoms with Crippen LogP contribution in [0.15, 0.2) is 83.4 Å². The van der Waals surface area contributed by atoms with Gasteiger partial charge >= 0.3 is 0 Å². The third kappa shape index (κ3) is 5.51. The highest BCUT2D eigenvalue weighted by Crippen LogP contribution is 2.29. The van der Waals surface area contributed by atoms with Crippen molar-refractivity contribution in [3.05, 3.63) is 84.8 Å². The Labute approximate surface area is 186 Å². The number of carbonyl (C=O) groups is 1. The molecule has 4 rings (SSSR count). The fourth-order valence-corrected chi connectivity index (χ4v) is 3.05. The first kappa shape index (κ1) is 21.1. The van der Waals surface area contributed by atoms with Gasteiger partial charge in [0.2, 0.25) is 17.6 Å². The molecule has 7 nitrogen and oxygen atoms in total. The first-order chi connectivity index (χ1) is 15.7. The van der Waals surface area contributed by atoms with Crippen LogP contribution < -0.4 is 14.8 Å². The molecule has 0 saturated carbocycles. The topological polar surface area (TPSA) is 86.5 Å². The van der Waals surface area contributed by atoms with Crippen LogP contribution in [0.3, 0.4) is 0 Å². The number of aromatic nitrogens is 2. The number of hydrogen-bond acceptors (Lipinski definition) is 6. The lowest BCUT2D eigenvalue weighted by Crippen LogP contribution is -2.13. The molecule has 1 aromatic heterocycles. The average Bonchev–Trinajstić information content (AvgIpc) is 3.30. The minimum Gasteiger partial charge on any atom is -0.494 e. The van der Waals surface area contributed by atoms with Crippen LogP contribution in [0.1, 0.15) is 19.2 Å². The van der Waals surface area contributed by atoms with Gasteiger partial charge in [0.05, 0.1) is 12.3 Å². The first-order valence-corrected chi connectivity index (χ1v) is 10.4. The number of anilines is 1.